The molecule has 4 nitrogen and oxygen atoms in total. The second-order valence-corrected chi connectivity index (χ2v) is 6.84. The molecule has 0 spiro atoms. The Bertz CT molecular complexity index is 981. The summed E-state index contributed by atoms with van der Waals surface area (Å²) in [7, 11) is 0. The van der Waals surface area contributed by atoms with Gasteiger partial charge < -0.3 is 0 Å². The van der Waals surface area contributed by atoms with E-state index in [1.54, 1.807) is 22.8 Å². The molecule has 25 heavy (non-hydrogen) atoms. The quantitative estimate of drug-likeness (QED) is 0.392. The topological polar surface area (TPSA) is 52.0 Å². The van der Waals surface area contributed by atoms with Crippen LogP contribution in [0.4, 0.5) is 4.39 Å². The fourth-order valence-electron chi connectivity index (χ4n) is 2.53. The number of carbonyl (C=O) groups excluding carboxylic acids is 1. The first-order chi connectivity index (χ1) is 12.0. The maximum Gasteiger partial charge on any atom is 0.262 e. The summed E-state index contributed by atoms with van der Waals surface area (Å²) >= 11 is 1.22. The molecule has 0 saturated carbocycles. The third kappa shape index (κ3) is 3.64. The van der Waals surface area contributed by atoms with Gasteiger partial charge in [-0.3, -0.25) is 14.2 Å². The van der Waals surface area contributed by atoms with Gasteiger partial charge in [-0.1, -0.05) is 23.9 Å². The Labute approximate surface area is 148 Å². The lowest BCUT2D eigenvalue weighted by Crippen LogP contribution is -2.25. The number of thioether (sulfide) groups is 1. The van der Waals surface area contributed by atoms with E-state index in [1.165, 1.54) is 36.0 Å². The molecule has 0 aliphatic rings. The largest absolute Gasteiger partial charge is 0.293 e. The third-order valence-corrected chi connectivity index (χ3v) is 4.74. The SMILES string of the molecule is CC(C)n1c(SCC(=O)c2ccc(F)cc2)nc2ccccc2c1=O. The molecule has 1 heterocycles. The van der Waals surface area contributed by atoms with Crippen molar-refractivity contribution in [1.29, 1.82) is 0 Å². The maximum absolute atomic E-state index is 13.0. The highest BCUT2D eigenvalue weighted by Gasteiger charge is 2.15. The van der Waals surface area contributed by atoms with Gasteiger partial charge in [0.05, 0.1) is 16.7 Å². The van der Waals surface area contributed by atoms with Gasteiger partial charge in [-0.25, -0.2) is 9.37 Å². The molecule has 3 rings (SSSR count). The van der Waals surface area contributed by atoms with Crippen LogP contribution in [-0.2, 0) is 0 Å². The monoisotopic (exact) mass is 356 g/mol. The lowest BCUT2D eigenvalue weighted by Gasteiger charge is -2.15. The summed E-state index contributed by atoms with van der Waals surface area (Å²) in [6, 6.07) is 12.5. The van der Waals surface area contributed by atoms with E-state index < -0.39 is 0 Å². The van der Waals surface area contributed by atoms with Crippen molar-refractivity contribution in [2.24, 2.45) is 0 Å². The standard InChI is InChI=1S/C19H17FN2O2S/c1-12(2)22-18(24)15-5-3-4-6-16(15)21-19(22)25-11-17(23)13-7-9-14(20)10-8-13/h3-10,12H,11H2,1-2H3. The van der Waals surface area contributed by atoms with Crippen LogP contribution in [0.25, 0.3) is 10.9 Å². The van der Waals surface area contributed by atoms with Gasteiger partial charge >= 0.3 is 0 Å². The molecule has 128 valence electrons. The van der Waals surface area contributed by atoms with Gasteiger partial charge in [-0.05, 0) is 50.2 Å². The zero-order valence-electron chi connectivity index (χ0n) is 13.9. The Hall–Kier alpha value is -2.47. The van der Waals surface area contributed by atoms with Gasteiger partial charge in [-0.15, -0.1) is 0 Å². The van der Waals surface area contributed by atoms with E-state index in [-0.39, 0.29) is 29.0 Å². The number of aromatic nitrogens is 2. The summed E-state index contributed by atoms with van der Waals surface area (Å²) < 4.78 is 14.6. The Morgan fingerprint density at radius 1 is 1.16 bits per heavy atom. The van der Waals surface area contributed by atoms with E-state index in [1.807, 2.05) is 19.9 Å². The Kier molecular flexibility index (Phi) is 4.99. The molecule has 2 aromatic carbocycles. The number of fused-ring (bicyclic) bond motifs is 1. The van der Waals surface area contributed by atoms with Crippen LogP contribution in [-0.4, -0.2) is 21.1 Å². The number of Topliss-reactive ketones (excluding diaryl/α,β-unsaturated/α-hetero) is 1. The van der Waals surface area contributed by atoms with Crippen molar-refractivity contribution in [3.8, 4) is 0 Å². The molecule has 0 radical (unpaired) electrons. The predicted octanol–water partition coefficient (Wildman–Crippen LogP) is 4.09. The van der Waals surface area contributed by atoms with E-state index >= 15 is 0 Å². The number of rotatable bonds is 5. The van der Waals surface area contributed by atoms with Crippen LogP contribution < -0.4 is 5.56 Å². The van der Waals surface area contributed by atoms with Crippen molar-refractivity contribution in [2.75, 3.05) is 5.75 Å². The average molecular weight is 356 g/mol. The van der Waals surface area contributed by atoms with Crippen LogP contribution in [0.2, 0.25) is 0 Å². The summed E-state index contributed by atoms with van der Waals surface area (Å²) in [6.45, 7) is 3.81. The zero-order chi connectivity index (χ0) is 18.0. The third-order valence-electron chi connectivity index (χ3n) is 3.79. The van der Waals surface area contributed by atoms with Crippen LogP contribution in [0.3, 0.4) is 0 Å². The molecule has 3 aromatic rings. The Morgan fingerprint density at radius 3 is 2.52 bits per heavy atom. The number of carbonyl (C=O) groups is 1. The van der Waals surface area contributed by atoms with E-state index in [4.69, 9.17) is 0 Å². The minimum Gasteiger partial charge on any atom is -0.293 e. The van der Waals surface area contributed by atoms with Gasteiger partial charge in [-0.2, -0.15) is 0 Å². The minimum atomic E-state index is -0.381. The molecule has 0 aliphatic carbocycles. The number of benzene rings is 2. The summed E-state index contributed by atoms with van der Waals surface area (Å²) in [4.78, 5) is 29.6. The molecule has 6 heteroatoms. The Balaban J connectivity index is 1.92. The number of hydrogen-bond donors (Lipinski definition) is 0. The fraction of sp³-hybridized carbons (Fsp3) is 0.211. The first kappa shape index (κ1) is 17.4. The van der Waals surface area contributed by atoms with Crippen LogP contribution >= 0.6 is 11.8 Å². The van der Waals surface area contributed by atoms with Crippen LogP contribution in [0, 0.1) is 5.82 Å². The van der Waals surface area contributed by atoms with E-state index in [2.05, 4.69) is 4.98 Å². The van der Waals surface area contributed by atoms with E-state index in [9.17, 15) is 14.0 Å². The van der Waals surface area contributed by atoms with Crippen molar-refractivity contribution in [3.63, 3.8) is 0 Å². The van der Waals surface area contributed by atoms with Crippen LogP contribution in [0.1, 0.15) is 30.2 Å². The molecular formula is C19H17FN2O2S. The maximum atomic E-state index is 13.0. The number of hydrogen-bond acceptors (Lipinski definition) is 4. The van der Waals surface area contributed by atoms with Gasteiger partial charge in [0.2, 0.25) is 0 Å². The minimum absolute atomic E-state index is 0.0759. The second-order valence-electron chi connectivity index (χ2n) is 5.90. The fourth-order valence-corrected chi connectivity index (χ4v) is 3.55. The van der Waals surface area contributed by atoms with Crippen molar-refractivity contribution in [3.05, 3.63) is 70.3 Å². The number of ketones is 1. The predicted molar refractivity (Wildman–Crippen MR) is 97.8 cm³/mol. The molecular weight excluding hydrogens is 339 g/mol. The zero-order valence-corrected chi connectivity index (χ0v) is 14.7. The van der Waals surface area contributed by atoms with E-state index in [0.717, 1.165) is 0 Å². The van der Waals surface area contributed by atoms with Crippen LogP contribution in [0.15, 0.2) is 58.5 Å². The lowest BCUT2D eigenvalue weighted by atomic mass is 10.1. The van der Waals surface area contributed by atoms with Gasteiger partial charge in [0.1, 0.15) is 5.82 Å². The van der Waals surface area contributed by atoms with E-state index in [0.29, 0.717) is 21.6 Å². The Morgan fingerprint density at radius 2 is 1.84 bits per heavy atom. The van der Waals surface area contributed by atoms with Gasteiger partial charge in [0.25, 0.3) is 5.56 Å². The molecule has 0 amide bonds. The highest BCUT2D eigenvalue weighted by molar-refractivity contribution is 7.99. The second kappa shape index (κ2) is 7.19. The van der Waals surface area contributed by atoms with Gasteiger partial charge in [0, 0.05) is 11.6 Å². The molecule has 0 atom stereocenters. The number of para-hydroxylation sites is 1. The van der Waals surface area contributed by atoms with Crippen molar-refractivity contribution < 1.29 is 9.18 Å². The molecule has 1 aromatic heterocycles. The molecule has 0 bridgehead atoms. The first-order valence-corrected chi connectivity index (χ1v) is 8.89. The normalized spacial score (nSPS) is 11.2. The molecule has 0 saturated heterocycles. The summed E-state index contributed by atoms with van der Waals surface area (Å²) in [5.74, 6) is -0.389. The molecule has 0 aliphatic heterocycles. The number of halogens is 1. The smallest absolute Gasteiger partial charge is 0.262 e. The molecule has 0 fully saturated rings. The number of nitrogens with zero attached hydrogens (tertiary/aromatic N) is 2. The van der Waals surface area contributed by atoms with Crippen molar-refractivity contribution in [1.82, 2.24) is 9.55 Å². The summed E-state index contributed by atoms with van der Waals surface area (Å²) in [5, 5.41) is 1.07. The average Bonchev–Trinajstić information content (AvgIpc) is 2.60. The van der Waals surface area contributed by atoms with Gasteiger partial charge in [0.15, 0.2) is 10.9 Å². The van der Waals surface area contributed by atoms with Crippen LogP contribution in [0.5, 0.6) is 0 Å². The highest BCUT2D eigenvalue weighted by Crippen LogP contribution is 2.22. The van der Waals surface area contributed by atoms with Crippen molar-refractivity contribution in [2.45, 2.75) is 25.0 Å². The summed E-state index contributed by atoms with van der Waals surface area (Å²) in [6.07, 6.45) is 0. The highest BCUT2D eigenvalue weighted by atomic mass is 32.2. The lowest BCUT2D eigenvalue weighted by molar-refractivity contribution is 0.102. The summed E-state index contributed by atoms with van der Waals surface area (Å²) in [5.41, 5.74) is 0.937. The van der Waals surface area contributed by atoms with Crippen molar-refractivity contribution >= 4 is 28.4 Å². The molecule has 0 unspecified atom stereocenters. The first-order valence-electron chi connectivity index (χ1n) is 7.90. The molecule has 0 N–H and O–H groups in total.